The Bertz CT molecular complexity index is 1290. The Hall–Kier alpha value is -3.64. The Morgan fingerprint density at radius 3 is 2.50 bits per heavy atom. The fourth-order valence-electron chi connectivity index (χ4n) is 3.57. The van der Waals surface area contributed by atoms with Gasteiger partial charge in [0.25, 0.3) is 0 Å². The van der Waals surface area contributed by atoms with Crippen LogP contribution in [0.2, 0.25) is 5.02 Å². The van der Waals surface area contributed by atoms with Crippen molar-refractivity contribution in [1.82, 2.24) is 20.4 Å². The first kappa shape index (κ1) is 32.6. The number of urea groups is 1. The number of anilines is 1. The number of nitrogens with one attached hydrogen (secondary N) is 2. The quantitative estimate of drug-likeness (QED) is 0.276. The van der Waals surface area contributed by atoms with Gasteiger partial charge in [0.1, 0.15) is 0 Å². The maximum Gasteiger partial charge on any atom is 0.317 e. The molecule has 3 amide bonds. The summed E-state index contributed by atoms with van der Waals surface area (Å²) in [5, 5.41) is 14.8. The maximum absolute atomic E-state index is 13.6. The molecule has 0 saturated carbocycles. The van der Waals surface area contributed by atoms with Gasteiger partial charge in [0.2, 0.25) is 11.0 Å². The van der Waals surface area contributed by atoms with Gasteiger partial charge in [-0.25, -0.2) is 13.6 Å². The number of benzene rings is 2. The first-order valence-corrected chi connectivity index (χ1v) is 13.6. The lowest BCUT2D eigenvalue weighted by atomic mass is 10.1. The van der Waals surface area contributed by atoms with Crippen molar-refractivity contribution in [3.63, 3.8) is 0 Å². The summed E-state index contributed by atoms with van der Waals surface area (Å²) >= 11 is 7.32. The molecule has 1 heterocycles. The maximum atomic E-state index is 13.6. The molecule has 1 atom stereocenters. The topological polar surface area (TPSA) is 114 Å². The van der Waals surface area contributed by atoms with E-state index in [0.717, 1.165) is 18.1 Å². The second-order valence-corrected chi connectivity index (χ2v) is 9.97. The van der Waals surface area contributed by atoms with E-state index in [1.165, 1.54) is 42.4 Å². The summed E-state index contributed by atoms with van der Waals surface area (Å²) in [6.07, 6.45) is 2.29. The second kappa shape index (κ2) is 16.5. The molecule has 3 rings (SSSR count). The molecule has 3 aromatic rings. The number of aromatic nitrogens is 2. The highest BCUT2D eigenvalue weighted by atomic mass is 35.5. The number of carbonyl (C=O) groups excluding carboxylic acids is 3. The Labute approximate surface area is 240 Å². The number of esters is 1. The van der Waals surface area contributed by atoms with Crippen molar-refractivity contribution in [3.8, 4) is 10.6 Å². The van der Waals surface area contributed by atoms with Gasteiger partial charge in [-0.05, 0) is 31.4 Å². The zero-order valence-electron chi connectivity index (χ0n) is 22.7. The average Bonchev–Trinajstić information content (AvgIpc) is 3.39. The zero-order valence-corrected chi connectivity index (χ0v) is 24.2. The molecule has 0 aliphatic rings. The van der Waals surface area contributed by atoms with E-state index in [2.05, 4.69) is 25.6 Å². The van der Waals surface area contributed by atoms with Crippen LogP contribution in [0.3, 0.4) is 0 Å². The van der Waals surface area contributed by atoms with Gasteiger partial charge in [-0.2, -0.15) is 0 Å². The van der Waals surface area contributed by atoms with Gasteiger partial charge < -0.3 is 20.3 Å². The molecule has 1 unspecified atom stereocenters. The predicted octanol–water partition coefficient (Wildman–Crippen LogP) is 6.05. The third-order valence-electron chi connectivity index (χ3n) is 5.76. The van der Waals surface area contributed by atoms with Gasteiger partial charge in [-0.1, -0.05) is 60.2 Å². The van der Waals surface area contributed by atoms with Crippen LogP contribution in [0, 0.1) is 11.6 Å². The monoisotopic (exact) mass is 595 g/mol. The first-order valence-electron chi connectivity index (χ1n) is 12.4. The lowest BCUT2D eigenvalue weighted by Crippen LogP contribution is -2.43. The number of methoxy groups -OCH3 is 1. The van der Waals surface area contributed by atoms with E-state index < -0.39 is 11.6 Å². The van der Waals surface area contributed by atoms with Crippen LogP contribution < -0.4 is 10.6 Å². The summed E-state index contributed by atoms with van der Waals surface area (Å²) < 4.78 is 31.3. The SMILES string of the molecule is CC(=O)Nc1nnc(-c2ccccc2Cl)s1.CCC(CCCC(=O)OC)N(C)C(=O)NCc1cccc(F)c1F. The van der Waals surface area contributed by atoms with Gasteiger partial charge in [0.05, 0.1) is 12.1 Å². The van der Waals surface area contributed by atoms with E-state index in [1.807, 2.05) is 25.1 Å². The first-order chi connectivity index (χ1) is 19.1. The fourth-order valence-corrected chi connectivity index (χ4v) is 4.68. The van der Waals surface area contributed by atoms with Crippen LogP contribution in [-0.2, 0) is 20.9 Å². The number of hydrogen-bond acceptors (Lipinski definition) is 7. The van der Waals surface area contributed by atoms with Crippen molar-refractivity contribution in [2.75, 3.05) is 19.5 Å². The fraction of sp³-hybridized carbons (Fsp3) is 0.370. The number of ether oxygens (including phenoxy) is 1. The standard InChI is InChI=1S/C17H24F2N2O3.C10H8ClN3OS/c1-4-13(8-6-10-15(22)24-3)21(2)17(23)20-11-12-7-5-9-14(18)16(12)19;1-6(15)12-10-14-13-9(16-10)7-4-2-3-5-8(7)11/h5,7,9,13H,4,6,8,10-11H2,1-3H3,(H,20,23);2-5H,1H3,(H,12,14,15). The van der Waals surface area contributed by atoms with Crippen LogP contribution in [0.15, 0.2) is 42.5 Å². The normalized spacial score (nSPS) is 11.1. The molecule has 0 radical (unpaired) electrons. The zero-order chi connectivity index (χ0) is 29.7. The summed E-state index contributed by atoms with van der Waals surface area (Å²) in [5.41, 5.74) is 0.911. The molecule has 0 fully saturated rings. The molecule has 216 valence electrons. The minimum atomic E-state index is -0.953. The molecular weight excluding hydrogens is 564 g/mol. The Kier molecular flexibility index (Phi) is 13.4. The van der Waals surface area contributed by atoms with Gasteiger partial charge in [0.15, 0.2) is 16.6 Å². The summed E-state index contributed by atoms with van der Waals surface area (Å²) in [6.45, 7) is 3.28. The van der Waals surface area contributed by atoms with Crippen LogP contribution in [0.5, 0.6) is 0 Å². The summed E-state index contributed by atoms with van der Waals surface area (Å²) in [7, 11) is 2.98. The summed E-state index contributed by atoms with van der Waals surface area (Å²) in [6, 6.07) is 10.8. The summed E-state index contributed by atoms with van der Waals surface area (Å²) in [5.74, 6) is -2.34. The largest absolute Gasteiger partial charge is 0.469 e. The molecule has 2 N–H and O–H groups in total. The highest BCUT2D eigenvalue weighted by molar-refractivity contribution is 7.18. The molecule has 0 spiro atoms. The van der Waals surface area contributed by atoms with E-state index in [4.69, 9.17) is 11.6 Å². The van der Waals surface area contributed by atoms with Gasteiger partial charge >= 0.3 is 12.0 Å². The Morgan fingerprint density at radius 2 is 1.85 bits per heavy atom. The molecule has 0 aliphatic heterocycles. The van der Waals surface area contributed by atoms with Crippen LogP contribution in [0.1, 0.15) is 45.1 Å². The lowest BCUT2D eigenvalue weighted by Gasteiger charge is -2.27. The number of carbonyl (C=O) groups is 3. The molecule has 0 bridgehead atoms. The van der Waals surface area contributed by atoms with Crippen molar-refractivity contribution in [1.29, 1.82) is 0 Å². The Balaban J connectivity index is 0.000000302. The second-order valence-electron chi connectivity index (χ2n) is 8.59. The molecule has 40 heavy (non-hydrogen) atoms. The number of nitrogens with zero attached hydrogens (tertiary/aromatic N) is 3. The minimum Gasteiger partial charge on any atom is -0.469 e. The van der Waals surface area contributed by atoms with E-state index in [1.54, 1.807) is 13.1 Å². The molecule has 0 aliphatic carbocycles. The number of hydrogen-bond donors (Lipinski definition) is 2. The third-order valence-corrected chi connectivity index (χ3v) is 6.96. The lowest BCUT2D eigenvalue weighted by molar-refractivity contribution is -0.140. The molecule has 0 saturated heterocycles. The number of rotatable bonds is 10. The van der Waals surface area contributed by atoms with Gasteiger partial charge in [-0.15, -0.1) is 10.2 Å². The predicted molar refractivity (Wildman–Crippen MR) is 151 cm³/mol. The molecule has 2 aromatic carbocycles. The molecule has 13 heteroatoms. The van der Waals surface area contributed by atoms with Crippen molar-refractivity contribution in [3.05, 3.63) is 64.7 Å². The van der Waals surface area contributed by atoms with Crippen molar-refractivity contribution >= 4 is 46.0 Å². The van der Waals surface area contributed by atoms with Crippen molar-refractivity contribution in [2.24, 2.45) is 0 Å². The van der Waals surface area contributed by atoms with Gasteiger partial charge in [0, 0.05) is 44.1 Å². The van der Waals surface area contributed by atoms with Crippen molar-refractivity contribution < 1.29 is 27.9 Å². The van der Waals surface area contributed by atoms with Crippen LogP contribution in [-0.4, -0.2) is 53.2 Å². The number of halogens is 3. The minimum absolute atomic E-state index is 0.0491. The third kappa shape index (κ3) is 10.2. The Morgan fingerprint density at radius 1 is 1.12 bits per heavy atom. The van der Waals surface area contributed by atoms with E-state index in [-0.39, 0.29) is 36.1 Å². The summed E-state index contributed by atoms with van der Waals surface area (Å²) in [4.78, 5) is 35.6. The van der Waals surface area contributed by atoms with Gasteiger partial charge in [-0.3, -0.25) is 9.59 Å². The van der Waals surface area contributed by atoms with Crippen LogP contribution >= 0.6 is 22.9 Å². The average molecular weight is 596 g/mol. The van der Waals surface area contributed by atoms with E-state index in [9.17, 15) is 23.2 Å². The molecule has 9 nitrogen and oxygen atoms in total. The smallest absolute Gasteiger partial charge is 0.317 e. The van der Waals surface area contributed by atoms with E-state index in [0.29, 0.717) is 34.4 Å². The van der Waals surface area contributed by atoms with E-state index >= 15 is 0 Å². The molecule has 1 aromatic heterocycles. The highest BCUT2D eigenvalue weighted by Gasteiger charge is 2.19. The van der Waals surface area contributed by atoms with Crippen LogP contribution in [0.25, 0.3) is 10.6 Å². The molecular formula is C27H32ClF2N5O4S. The van der Waals surface area contributed by atoms with Crippen molar-refractivity contribution in [2.45, 2.75) is 52.1 Å². The van der Waals surface area contributed by atoms with Crippen LogP contribution in [0.4, 0.5) is 18.7 Å². The number of amides is 3. The highest BCUT2D eigenvalue weighted by Crippen LogP contribution is 2.31.